The van der Waals surface area contributed by atoms with Gasteiger partial charge in [0.15, 0.2) is 0 Å². The molecule has 2 saturated heterocycles. The largest absolute Gasteiger partial charge is 0.348 e. The van der Waals surface area contributed by atoms with Gasteiger partial charge in [-0.15, -0.1) is 0 Å². The summed E-state index contributed by atoms with van der Waals surface area (Å²) in [4.78, 5) is 44.9. The van der Waals surface area contributed by atoms with Crippen molar-refractivity contribution in [1.29, 1.82) is 0 Å². The summed E-state index contributed by atoms with van der Waals surface area (Å²) >= 11 is 0. The molecule has 8 nitrogen and oxygen atoms in total. The van der Waals surface area contributed by atoms with Crippen LogP contribution in [0.4, 0.5) is 0 Å². The zero-order chi connectivity index (χ0) is 28.0. The molecule has 4 aromatic rings. The number of nitrogens with one attached hydrogen (secondary N) is 1. The fraction of sp³-hybridized carbons (Fsp3) is 0.333. The van der Waals surface area contributed by atoms with Crippen LogP contribution in [0.5, 0.6) is 0 Å². The van der Waals surface area contributed by atoms with E-state index in [9.17, 15) is 9.59 Å². The number of nitrogens with zero attached hydrogens (tertiary/aromatic N) is 5. The van der Waals surface area contributed by atoms with E-state index < -0.39 is 0 Å². The van der Waals surface area contributed by atoms with Crippen molar-refractivity contribution in [2.24, 2.45) is 0 Å². The van der Waals surface area contributed by atoms with E-state index in [1.54, 1.807) is 12.5 Å². The molecule has 2 aromatic heterocycles. The van der Waals surface area contributed by atoms with E-state index in [0.717, 1.165) is 67.2 Å². The lowest BCUT2D eigenvalue weighted by atomic mass is 10.0. The molecule has 2 aliphatic heterocycles. The normalized spacial score (nSPS) is 16.6. The van der Waals surface area contributed by atoms with E-state index in [-0.39, 0.29) is 11.8 Å². The number of likely N-dealkylation sites (tertiary alicyclic amines) is 1. The summed E-state index contributed by atoms with van der Waals surface area (Å²) in [7, 11) is 0. The van der Waals surface area contributed by atoms with Crippen LogP contribution in [0, 0.1) is 0 Å². The number of carbonyl (C=O) groups is 2. The molecular formula is C33H36N6O2. The first kappa shape index (κ1) is 26.9. The first-order valence-corrected chi connectivity index (χ1v) is 14.6. The van der Waals surface area contributed by atoms with Crippen molar-refractivity contribution in [3.05, 3.63) is 96.6 Å². The van der Waals surface area contributed by atoms with E-state index in [0.29, 0.717) is 37.5 Å². The number of rotatable bonds is 7. The maximum absolute atomic E-state index is 13.7. The molecule has 0 aliphatic carbocycles. The number of amides is 2. The van der Waals surface area contributed by atoms with E-state index in [1.807, 2.05) is 82.6 Å². The average Bonchev–Trinajstić information content (AvgIpc) is 3.58. The van der Waals surface area contributed by atoms with Gasteiger partial charge in [-0.2, -0.15) is 0 Å². The van der Waals surface area contributed by atoms with E-state index >= 15 is 0 Å². The summed E-state index contributed by atoms with van der Waals surface area (Å²) in [5.74, 6) is 0.273. The van der Waals surface area contributed by atoms with Crippen molar-refractivity contribution in [3.8, 4) is 22.5 Å². The smallest absolute Gasteiger partial charge is 0.254 e. The Morgan fingerprint density at radius 3 is 1.95 bits per heavy atom. The first-order valence-electron chi connectivity index (χ1n) is 14.6. The molecule has 0 unspecified atom stereocenters. The minimum atomic E-state index is 0.0547. The fourth-order valence-electron chi connectivity index (χ4n) is 5.94. The van der Waals surface area contributed by atoms with E-state index in [4.69, 9.17) is 4.98 Å². The maximum atomic E-state index is 13.7. The molecule has 210 valence electrons. The highest BCUT2D eigenvalue weighted by Crippen LogP contribution is 2.26. The van der Waals surface area contributed by atoms with E-state index in [2.05, 4.69) is 14.9 Å². The Labute approximate surface area is 241 Å². The molecule has 4 heterocycles. The van der Waals surface area contributed by atoms with Crippen molar-refractivity contribution >= 4 is 11.8 Å². The monoisotopic (exact) mass is 548 g/mol. The average molecular weight is 549 g/mol. The lowest BCUT2D eigenvalue weighted by Crippen LogP contribution is -2.54. The van der Waals surface area contributed by atoms with Gasteiger partial charge in [-0.05, 0) is 31.4 Å². The van der Waals surface area contributed by atoms with E-state index in [1.165, 1.54) is 0 Å². The van der Waals surface area contributed by atoms with Crippen LogP contribution in [0.3, 0.4) is 0 Å². The summed E-state index contributed by atoms with van der Waals surface area (Å²) in [6.07, 6.45) is 6.61. The number of hydrogen-bond donors (Lipinski definition) is 1. The molecule has 2 fully saturated rings. The second-order valence-electron chi connectivity index (χ2n) is 10.9. The van der Waals surface area contributed by atoms with Crippen molar-refractivity contribution in [2.75, 3.05) is 39.3 Å². The summed E-state index contributed by atoms with van der Waals surface area (Å²) in [6.45, 7) is 4.71. The maximum Gasteiger partial charge on any atom is 0.254 e. The zero-order valence-electron chi connectivity index (χ0n) is 23.3. The summed E-state index contributed by atoms with van der Waals surface area (Å²) in [5.41, 5.74) is 5.28. The van der Waals surface area contributed by atoms with Gasteiger partial charge in [0.2, 0.25) is 5.91 Å². The highest BCUT2D eigenvalue weighted by Gasteiger charge is 2.30. The molecule has 6 rings (SSSR count). The Morgan fingerprint density at radius 1 is 0.780 bits per heavy atom. The zero-order valence-corrected chi connectivity index (χ0v) is 23.3. The molecule has 0 saturated carbocycles. The number of benzene rings is 2. The number of piperidine rings is 1. The Hall–Kier alpha value is -4.30. The van der Waals surface area contributed by atoms with Gasteiger partial charge in [0, 0.05) is 80.3 Å². The Morgan fingerprint density at radius 2 is 1.39 bits per heavy atom. The standard InChI is InChI=1S/C33H36N6O2/c40-32(12-11-28-23-34-24-35-28)38-15-13-29(14-16-38)37-17-19-39(20-18-37)33(41)27-21-30(25-7-3-1-4-8-25)36-31(22-27)26-9-5-2-6-10-26/h1-10,21-24,29H,11-20H2,(H,34,35). The van der Waals surface area contributed by atoms with Crippen LogP contribution in [-0.4, -0.2) is 86.8 Å². The van der Waals surface area contributed by atoms with Gasteiger partial charge < -0.3 is 14.8 Å². The lowest BCUT2D eigenvalue weighted by molar-refractivity contribution is -0.132. The Kier molecular flexibility index (Phi) is 8.18. The SMILES string of the molecule is O=C(CCc1cnc[nH]1)N1CCC(N2CCN(C(=O)c3cc(-c4ccccc4)nc(-c4ccccc4)c3)CC2)CC1. The number of pyridine rings is 1. The molecule has 2 aromatic carbocycles. The van der Waals surface area contributed by atoms with Crippen molar-refractivity contribution in [3.63, 3.8) is 0 Å². The number of aromatic nitrogens is 3. The molecule has 2 amide bonds. The molecule has 41 heavy (non-hydrogen) atoms. The molecule has 2 aliphatic rings. The highest BCUT2D eigenvalue weighted by atomic mass is 16.2. The number of carbonyl (C=O) groups excluding carboxylic acids is 2. The minimum absolute atomic E-state index is 0.0547. The summed E-state index contributed by atoms with van der Waals surface area (Å²) in [6, 6.07) is 24.4. The number of aryl methyl sites for hydroxylation is 1. The third-order valence-electron chi connectivity index (χ3n) is 8.31. The van der Waals surface area contributed by atoms with Gasteiger partial charge in [-0.1, -0.05) is 60.7 Å². The number of piperazine rings is 1. The van der Waals surface area contributed by atoms with Gasteiger partial charge in [-0.25, -0.2) is 9.97 Å². The summed E-state index contributed by atoms with van der Waals surface area (Å²) < 4.78 is 0. The number of H-pyrrole nitrogens is 1. The van der Waals surface area contributed by atoms with Gasteiger partial charge in [0.1, 0.15) is 0 Å². The van der Waals surface area contributed by atoms with Crippen LogP contribution in [0.1, 0.15) is 35.3 Å². The highest BCUT2D eigenvalue weighted by molar-refractivity contribution is 5.96. The second-order valence-corrected chi connectivity index (χ2v) is 10.9. The van der Waals surface area contributed by atoms with Gasteiger partial charge in [0.25, 0.3) is 5.91 Å². The van der Waals surface area contributed by atoms with Gasteiger partial charge >= 0.3 is 0 Å². The predicted octanol–water partition coefficient (Wildman–Crippen LogP) is 4.52. The van der Waals surface area contributed by atoms with Crippen LogP contribution in [-0.2, 0) is 11.2 Å². The number of aromatic amines is 1. The number of hydrogen-bond acceptors (Lipinski definition) is 5. The van der Waals surface area contributed by atoms with Crippen molar-refractivity contribution in [1.82, 2.24) is 29.7 Å². The molecular weight excluding hydrogens is 512 g/mol. The van der Waals surface area contributed by atoms with Crippen LogP contribution in [0.25, 0.3) is 22.5 Å². The molecule has 8 heteroatoms. The lowest BCUT2D eigenvalue weighted by Gasteiger charge is -2.42. The minimum Gasteiger partial charge on any atom is -0.348 e. The Balaban J connectivity index is 1.07. The quantitative estimate of drug-likeness (QED) is 0.367. The van der Waals surface area contributed by atoms with Crippen LogP contribution in [0.15, 0.2) is 85.3 Å². The van der Waals surface area contributed by atoms with Crippen molar-refractivity contribution in [2.45, 2.75) is 31.7 Å². The molecule has 0 bridgehead atoms. The molecule has 0 atom stereocenters. The van der Waals surface area contributed by atoms with Crippen molar-refractivity contribution < 1.29 is 9.59 Å². The Bertz CT molecular complexity index is 1380. The topological polar surface area (TPSA) is 85.4 Å². The third kappa shape index (κ3) is 6.38. The molecule has 1 N–H and O–H groups in total. The predicted molar refractivity (Wildman–Crippen MR) is 159 cm³/mol. The fourth-order valence-corrected chi connectivity index (χ4v) is 5.94. The van der Waals surface area contributed by atoms with Crippen LogP contribution < -0.4 is 0 Å². The van der Waals surface area contributed by atoms with Gasteiger partial charge in [-0.3, -0.25) is 14.5 Å². The second kappa shape index (κ2) is 12.5. The van der Waals surface area contributed by atoms with Crippen LogP contribution >= 0.6 is 0 Å². The van der Waals surface area contributed by atoms with Gasteiger partial charge in [0.05, 0.1) is 17.7 Å². The third-order valence-corrected chi connectivity index (χ3v) is 8.31. The first-order chi connectivity index (χ1) is 20.1. The van der Waals surface area contributed by atoms with Crippen LogP contribution in [0.2, 0.25) is 0 Å². The summed E-state index contributed by atoms with van der Waals surface area (Å²) in [5, 5.41) is 0. The molecule has 0 spiro atoms. The molecule has 0 radical (unpaired) electrons. The number of imidazole rings is 1.